The first-order valence-corrected chi connectivity index (χ1v) is 10.8. The monoisotopic (exact) mass is 430 g/mol. The standard InChI is InChI=1S/C22H28F2N6O/c1-4-31-16-8-6-15(7-9-16)30-20-19(12-25-21(29-20)26-13(2)3)28-22(30)27-18-10-5-14(23)11-17(18)24/h5,10-13,15-16H,4,6-9H2,1-3H3,(H,27,28)(H,25,26,29)/t15-,16+. The first-order chi connectivity index (χ1) is 14.9. The number of nitrogens with zero attached hydrogens (tertiary/aromatic N) is 4. The molecule has 1 aliphatic rings. The van der Waals surface area contributed by atoms with Gasteiger partial charge in [-0.1, -0.05) is 0 Å². The van der Waals surface area contributed by atoms with Crippen LogP contribution in [0.3, 0.4) is 0 Å². The normalized spacial score (nSPS) is 19.2. The number of rotatable bonds is 7. The van der Waals surface area contributed by atoms with Crippen molar-refractivity contribution in [2.24, 2.45) is 0 Å². The van der Waals surface area contributed by atoms with Crippen molar-refractivity contribution in [3.8, 4) is 0 Å². The van der Waals surface area contributed by atoms with Gasteiger partial charge in [-0.3, -0.25) is 4.57 Å². The van der Waals surface area contributed by atoms with Gasteiger partial charge < -0.3 is 15.4 Å². The van der Waals surface area contributed by atoms with Crippen molar-refractivity contribution >= 4 is 28.7 Å². The Morgan fingerprint density at radius 1 is 1.16 bits per heavy atom. The summed E-state index contributed by atoms with van der Waals surface area (Å²) in [6, 6.07) is 3.76. The molecule has 2 aromatic heterocycles. The molecule has 0 radical (unpaired) electrons. The van der Waals surface area contributed by atoms with Crippen molar-refractivity contribution in [1.29, 1.82) is 0 Å². The average Bonchev–Trinajstić information content (AvgIpc) is 3.08. The number of imidazole rings is 1. The van der Waals surface area contributed by atoms with Crippen LogP contribution in [0.15, 0.2) is 24.4 Å². The lowest BCUT2D eigenvalue weighted by Gasteiger charge is -2.30. The molecule has 31 heavy (non-hydrogen) atoms. The number of ether oxygens (including phenoxy) is 1. The fourth-order valence-electron chi connectivity index (χ4n) is 4.07. The maximum atomic E-state index is 14.3. The van der Waals surface area contributed by atoms with Crippen LogP contribution in [0.5, 0.6) is 0 Å². The van der Waals surface area contributed by atoms with Gasteiger partial charge in [-0.2, -0.15) is 4.98 Å². The van der Waals surface area contributed by atoms with Crippen LogP contribution in [-0.4, -0.2) is 38.3 Å². The molecule has 166 valence electrons. The van der Waals surface area contributed by atoms with Crippen molar-refractivity contribution < 1.29 is 13.5 Å². The number of benzene rings is 1. The van der Waals surface area contributed by atoms with Crippen molar-refractivity contribution in [3.63, 3.8) is 0 Å². The molecule has 0 spiro atoms. The molecule has 9 heteroatoms. The van der Waals surface area contributed by atoms with Gasteiger partial charge in [0.05, 0.1) is 18.0 Å². The highest BCUT2D eigenvalue weighted by Crippen LogP contribution is 2.36. The molecule has 1 aliphatic carbocycles. The maximum absolute atomic E-state index is 14.3. The van der Waals surface area contributed by atoms with E-state index >= 15 is 0 Å². The van der Waals surface area contributed by atoms with Crippen LogP contribution in [0.25, 0.3) is 11.2 Å². The Kier molecular flexibility index (Phi) is 6.31. The molecule has 1 fully saturated rings. The van der Waals surface area contributed by atoms with E-state index in [1.807, 2.05) is 25.3 Å². The van der Waals surface area contributed by atoms with E-state index in [1.165, 1.54) is 12.1 Å². The second kappa shape index (κ2) is 9.13. The van der Waals surface area contributed by atoms with E-state index < -0.39 is 11.6 Å². The molecule has 0 amide bonds. The van der Waals surface area contributed by atoms with Gasteiger partial charge in [-0.25, -0.2) is 18.7 Å². The average molecular weight is 431 g/mol. The van der Waals surface area contributed by atoms with Gasteiger partial charge in [-0.15, -0.1) is 0 Å². The molecule has 1 aromatic carbocycles. The molecule has 0 unspecified atom stereocenters. The molecule has 0 aliphatic heterocycles. The van der Waals surface area contributed by atoms with Crippen LogP contribution in [0.1, 0.15) is 52.5 Å². The fourth-order valence-corrected chi connectivity index (χ4v) is 4.07. The van der Waals surface area contributed by atoms with E-state index in [1.54, 1.807) is 6.20 Å². The first kappa shape index (κ1) is 21.4. The molecule has 1 saturated carbocycles. The van der Waals surface area contributed by atoms with Gasteiger partial charge in [0.2, 0.25) is 11.9 Å². The number of fused-ring (bicyclic) bond motifs is 1. The topological polar surface area (TPSA) is 76.9 Å². The Balaban J connectivity index is 1.72. The van der Waals surface area contributed by atoms with Crippen LogP contribution < -0.4 is 10.6 Å². The molecular formula is C22H28F2N6O. The fraction of sp³-hybridized carbons (Fsp3) is 0.500. The van der Waals surface area contributed by atoms with E-state index in [2.05, 4.69) is 20.6 Å². The highest BCUT2D eigenvalue weighted by atomic mass is 19.1. The number of aromatic nitrogens is 4. The molecule has 7 nitrogen and oxygen atoms in total. The zero-order valence-corrected chi connectivity index (χ0v) is 18.0. The third-order valence-electron chi connectivity index (χ3n) is 5.44. The third-order valence-corrected chi connectivity index (χ3v) is 5.44. The second-order valence-corrected chi connectivity index (χ2v) is 8.14. The molecule has 0 atom stereocenters. The minimum absolute atomic E-state index is 0.134. The van der Waals surface area contributed by atoms with Gasteiger partial charge in [0.25, 0.3) is 0 Å². The summed E-state index contributed by atoms with van der Waals surface area (Å²) in [7, 11) is 0. The lowest BCUT2D eigenvalue weighted by molar-refractivity contribution is 0.0276. The predicted octanol–water partition coefficient (Wildman–Crippen LogP) is 5.19. The largest absolute Gasteiger partial charge is 0.379 e. The quantitative estimate of drug-likeness (QED) is 0.537. The first-order valence-electron chi connectivity index (χ1n) is 10.8. The van der Waals surface area contributed by atoms with Gasteiger partial charge in [-0.05, 0) is 58.6 Å². The molecule has 0 saturated heterocycles. The van der Waals surface area contributed by atoms with Crippen LogP contribution in [0.4, 0.5) is 26.4 Å². The van der Waals surface area contributed by atoms with Gasteiger partial charge in [0.15, 0.2) is 5.65 Å². The van der Waals surface area contributed by atoms with E-state index in [0.29, 0.717) is 29.7 Å². The number of hydrogen-bond acceptors (Lipinski definition) is 6. The summed E-state index contributed by atoms with van der Waals surface area (Å²) in [5.41, 5.74) is 1.46. The van der Waals surface area contributed by atoms with E-state index in [9.17, 15) is 8.78 Å². The minimum Gasteiger partial charge on any atom is -0.379 e. The van der Waals surface area contributed by atoms with Crippen molar-refractivity contribution in [1.82, 2.24) is 19.5 Å². The van der Waals surface area contributed by atoms with Crippen LogP contribution in [0, 0.1) is 11.6 Å². The second-order valence-electron chi connectivity index (χ2n) is 8.14. The summed E-state index contributed by atoms with van der Waals surface area (Å²) in [6.07, 6.45) is 5.59. The number of hydrogen-bond donors (Lipinski definition) is 2. The molecule has 0 bridgehead atoms. The van der Waals surface area contributed by atoms with E-state index in [-0.39, 0.29) is 23.9 Å². The Labute approximate surface area is 180 Å². The number of nitrogens with one attached hydrogen (secondary N) is 2. The summed E-state index contributed by atoms with van der Waals surface area (Å²) in [5, 5.41) is 6.26. The summed E-state index contributed by atoms with van der Waals surface area (Å²) in [4.78, 5) is 13.7. The van der Waals surface area contributed by atoms with Crippen molar-refractivity contribution in [3.05, 3.63) is 36.0 Å². The van der Waals surface area contributed by atoms with Crippen molar-refractivity contribution in [2.45, 2.75) is 64.6 Å². The number of anilines is 3. The molecule has 3 aromatic rings. The number of halogens is 2. The molecule has 4 rings (SSSR count). The zero-order valence-electron chi connectivity index (χ0n) is 18.0. The molecule has 2 N–H and O–H groups in total. The maximum Gasteiger partial charge on any atom is 0.224 e. The summed E-state index contributed by atoms with van der Waals surface area (Å²) in [6.45, 7) is 6.75. The lowest BCUT2D eigenvalue weighted by Crippen LogP contribution is -2.24. The summed E-state index contributed by atoms with van der Waals surface area (Å²) >= 11 is 0. The summed E-state index contributed by atoms with van der Waals surface area (Å²) < 4.78 is 35.5. The van der Waals surface area contributed by atoms with Crippen LogP contribution >= 0.6 is 0 Å². The Hall–Kier alpha value is -2.81. The third kappa shape index (κ3) is 4.76. The van der Waals surface area contributed by atoms with E-state index in [0.717, 1.165) is 31.7 Å². The van der Waals surface area contributed by atoms with Crippen LogP contribution in [-0.2, 0) is 4.74 Å². The Bertz CT molecular complexity index is 1050. The smallest absolute Gasteiger partial charge is 0.224 e. The highest BCUT2D eigenvalue weighted by Gasteiger charge is 2.27. The Morgan fingerprint density at radius 3 is 2.61 bits per heavy atom. The summed E-state index contributed by atoms with van der Waals surface area (Å²) in [5.74, 6) is -0.310. The zero-order chi connectivity index (χ0) is 22.0. The molecular weight excluding hydrogens is 402 g/mol. The van der Waals surface area contributed by atoms with Crippen molar-refractivity contribution in [2.75, 3.05) is 17.2 Å². The SMILES string of the molecule is CCO[C@H]1CC[C@@H](n2c(Nc3ccc(F)cc3F)nc3cnc(NC(C)C)nc32)CC1. The lowest BCUT2D eigenvalue weighted by atomic mass is 9.92. The predicted molar refractivity (Wildman–Crippen MR) is 117 cm³/mol. The van der Waals surface area contributed by atoms with Crippen LogP contribution in [0.2, 0.25) is 0 Å². The van der Waals surface area contributed by atoms with Gasteiger partial charge >= 0.3 is 0 Å². The highest BCUT2D eigenvalue weighted by molar-refractivity contribution is 5.76. The Morgan fingerprint density at radius 2 is 1.94 bits per heavy atom. The molecule has 2 heterocycles. The van der Waals surface area contributed by atoms with Gasteiger partial charge in [0, 0.05) is 24.8 Å². The van der Waals surface area contributed by atoms with E-state index in [4.69, 9.17) is 9.72 Å². The minimum atomic E-state index is -0.674. The van der Waals surface area contributed by atoms with Gasteiger partial charge in [0.1, 0.15) is 17.2 Å².